The molecule has 1 heterocycles. The Bertz CT molecular complexity index is 227. The van der Waals surface area contributed by atoms with Gasteiger partial charge in [0.2, 0.25) is 5.91 Å². The number of carbonyl (C=O) groups is 1. The van der Waals surface area contributed by atoms with Crippen LogP contribution in [0, 0.1) is 5.92 Å². The summed E-state index contributed by atoms with van der Waals surface area (Å²) in [7, 11) is 1.90. The Kier molecular flexibility index (Phi) is 4.07. The van der Waals surface area contributed by atoms with Crippen molar-refractivity contribution >= 4 is 5.91 Å². The Morgan fingerprint density at radius 3 is 2.87 bits per heavy atom. The lowest BCUT2D eigenvalue weighted by Crippen LogP contribution is -2.45. The van der Waals surface area contributed by atoms with Gasteiger partial charge in [-0.25, -0.2) is 0 Å². The van der Waals surface area contributed by atoms with Crippen LogP contribution in [-0.2, 0) is 4.79 Å². The van der Waals surface area contributed by atoms with Gasteiger partial charge in [0.25, 0.3) is 0 Å². The van der Waals surface area contributed by atoms with Crippen LogP contribution in [0.15, 0.2) is 0 Å². The van der Waals surface area contributed by atoms with Gasteiger partial charge in [-0.2, -0.15) is 0 Å². The lowest BCUT2D eigenvalue weighted by molar-refractivity contribution is -0.122. The number of primary amides is 1. The lowest BCUT2D eigenvalue weighted by atomic mass is 10.0. The van der Waals surface area contributed by atoms with Crippen molar-refractivity contribution in [1.29, 1.82) is 0 Å². The predicted molar refractivity (Wildman–Crippen MR) is 58.3 cm³/mol. The van der Waals surface area contributed by atoms with Gasteiger partial charge < -0.3 is 21.1 Å². The van der Waals surface area contributed by atoms with E-state index in [1.165, 1.54) is 0 Å². The first-order valence-electron chi connectivity index (χ1n) is 5.34. The Morgan fingerprint density at radius 2 is 2.40 bits per heavy atom. The van der Waals surface area contributed by atoms with Crippen LogP contribution in [0.5, 0.6) is 0 Å². The zero-order valence-corrected chi connectivity index (χ0v) is 9.49. The van der Waals surface area contributed by atoms with Crippen LogP contribution in [0.3, 0.4) is 0 Å². The number of rotatable bonds is 5. The molecule has 4 N–H and O–H groups in total. The van der Waals surface area contributed by atoms with E-state index in [-0.39, 0.29) is 11.8 Å². The molecular formula is C10H21N3O2. The molecule has 5 nitrogen and oxygen atoms in total. The smallest absolute Gasteiger partial charge is 0.221 e. The SMILES string of the molecule is CC(CN(C)CC1(O)CCNC1)C(N)=O. The van der Waals surface area contributed by atoms with Gasteiger partial charge in [0.05, 0.1) is 5.60 Å². The summed E-state index contributed by atoms with van der Waals surface area (Å²) >= 11 is 0. The number of hydrogen-bond donors (Lipinski definition) is 3. The first-order valence-corrected chi connectivity index (χ1v) is 5.34. The second-order valence-electron chi connectivity index (χ2n) is 4.65. The summed E-state index contributed by atoms with van der Waals surface area (Å²) < 4.78 is 0. The van der Waals surface area contributed by atoms with Crippen molar-refractivity contribution in [3.8, 4) is 0 Å². The van der Waals surface area contributed by atoms with Gasteiger partial charge in [-0.05, 0) is 20.0 Å². The van der Waals surface area contributed by atoms with Crippen LogP contribution < -0.4 is 11.1 Å². The summed E-state index contributed by atoms with van der Waals surface area (Å²) in [5, 5.41) is 13.2. The molecule has 1 aliphatic rings. The second kappa shape index (κ2) is 4.92. The number of β-amino-alcohol motifs (C(OH)–C–C–N with tert-alkyl or cyclic N) is 1. The third kappa shape index (κ3) is 3.77. The molecule has 0 bridgehead atoms. The topological polar surface area (TPSA) is 78.6 Å². The highest BCUT2D eigenvalue weighted by molar-refractivity contribution is 5.76. The molecule has 1 saturated heterocycles. The molecule has 0 aromatic carbocycles. The quantitative estimate of drug-likeness (QED) is 0.536. The molecule has 88 valence electrons. The number of nitrogens with two attached hydrogens (primary N) is 1. The largest absolute Gasteiger partial charge is 0.387 e. The molecular weight excluding hydrogens is 194 g/mol. The summed E-state index contributed by atoms with van der Waals surface area (Å²) in [5.41, 5.74) is 4.54. The molecule has 2 unspecified atom stereocenters. The number of aliphatic hydroxyl groups is 1. The normalized spacial score (nSPS) is 28.3. The third-order valence-electron chi connectivity index (χ3n) is 2.86. The molecule has 0 aromatic heterocycles. The number of amides is 1. The first-order chi connectivity index (χ1) is 6.93. The zero-order valence-electron chi connectivity index (χ0n) is 9.49. The highest BCUT2D eigenvalue weighted by atomic mass is 16.3. The minimum absolute atomic E-state index is 0.173. The monoisotopic (exact) mass is 215 g/mol. The molecule has 1 fully saturated rings. The minimum atomic E-state index is -0.647. The van der Waals surface area contributed by atoms with E-state index in [0.717, 1.165) is 13.0 Å². The molecule has 0 spiro atoms. The maximum Gasteiger partial charge on any atom is 0.221 e. The molecule has 2 atom stereocenters. The van der Waals surface area contributed by atoms with E-state index in [1.807, 2.05) is 11.9 Å². The molecule has 0 aromatic rings. The number of likely N-dealkylation sites (N-methyl/N-ethyl adjacent to an activating group) is 1. The fraction of sp³-hybridized carbons (Fsp3) is 0.900. The number of nitrogens with zero attached hydrogens (tertiary/aromatic N) is 1. The Morgan fingerprint density at radius 1 is 1.73 bits per heavy atom. The van der Waals surface area contributed by atoms with Crippen molar-refractivity contribution in [1.82, 2.24) is 10.2 Å². The van der Waals surface area contributed by atoms with Crippen molar-refractivity contribution in [2.24, 2.45) is 11.7 Å². The van der Waals surface area contributed by atoms with Gasteiger partial charge in [0.1, 0.15) is 0 Å². The molecule has 15 heavy (non-hydrogen) atoms. The molecule has 1 rings (SSSR count). The van der Waals surface area contributed by atoms with Gasteiger partial charge in [-0.3, -0.25) is 4.79 Å². The van der Waals surface area contributed by atoms with Crippen molar-refractivity contribution in [2.45, 2.75) is 18.9 Å². The first kappa shape index (κ1) is 12.4. The fourth-order valence-corrected chi connectivity index (χ4v) is 1.99. The van der Waals surface area contributed by atoms with Gasteiger partial charge in [-0.1, -0.05) is 6.92 Å². The Balaban J connectivity index is 2.34. The van der Waals surface area contributed by atoms with Gasteiger partial charge in [-0.15, -0.1) is 0 Å². The lowest BCUT2D eigenvalue weighted by Gasteiger charge is -2.29. The molecule has 0 saturated carbocycles. The highest BCUT2D eigenvalue weighted by Crippen LogP contribution is 2.15. The third-order valence-corrected chi connectivity index (χ3v) is 2.86. The molecule has 5 heteroatoms. The number of nitrogens with one attached hydrogen (secondary N) is 1. The van der Waals surface area contributed by atoms with E-state index in [2.05, 4.69) is 5.32 Å². The van der Waals surface area contributed by atoms with E-state index in [1.54, 1.807) is 6.92 Å². The molecule has 1 amide bonds. The second-order valence-corrected chi connectivity index (χ2v) is 4.65. The molecule has 0 aliphatic carbocycles. The van der Waals surface area contributed by atoms with Crippen LogP contribution in [0.25, 0.3) is 0 Å². The van der Waals surface area contributed by atoms with Crippen molar-refractivity contribution in [3.05, 3.63) is 0 Å². The number of hydrogen-bond acceptors (Lipinski definition) is 4. The maximum absolute atomic E-state index is 10.9. The standard InChI is InChI=1S/C10H21N3O2/c1-8(9(11)14)5-13(2)7-10(15)3-4-12-6-10/h8,12,15H,3-7H2,1-2H3,(H2,11,14). The summed E-state index contributed by atoms with van der Waals surface area (Å²) in [6.07, 6.45) is 0.766. The number of carbonyl (C=O) groups excluding carboxylic acids is 1. The van der Waals surface area contributed by atoms with Gasteiger partial charge in [0, 0.05) is 25.6 Å². The summed E-state index contributed by atoms with van der Waals surface area (Å²) in [6, 6.07) is 0. The molecule has 0 radical (unpaired) electrons. The maximum atomic E-state index is 10.9. The van der Waals surface area contributed by atoms with Gasteiger partial charge >= 0.3 is 0 Å². The van der Waals surface area contributed by atoms with E-state index < -0.39 is 5.60 Å². The van der Waals surface area contributed by atoms with Crippen LogP contribution >= 0.6 is 0 Å². The van der Waals surface area contributed by atoms with Gasteiger partial charge in [0.15, 0.2) is 0 Å². The Labute approximate surface area is 90.6 Å². The minimum Gasteiger partial charge on any atom is -0.387 e. The van der Waals surface area contributed by atoms with Crippen LogP contribution in [0.4, 0.5) is 0 Å². The predicted octanol–water partition coefficient (Wildman–Crippen LogP) is -1.24. The van der Waals surface area contributed by atoms with E-state index >= 15 is 0 Å². The van der Waals surface area contributed by atoms with Crippen LogP contribution in [0.1, 0.15) is 13.3 Å². The highest BCUT2D eigenvalue weighted by Gasteiger charge is 2.32. The fourth-order valence-electron chi connectivity index (χ4n) is 1.99. The van der Waals surface area contributed by atoms with Crippen LogP contribution in [-0.4, -0.2) is 54.7 Å². The summed E-state index contributed by atoms with van der Waals surface area (Å²) in [4.78, 5) is 12.8. The van der Waals surface area contributed by atoms with Crippen molar-refractivity contribution in [2.75, 3.05) is 33.2 Å². The summed E-state index contributed by atoms with van der Waals surface area (Å²) in [6.45, 7) is 4.46. The average molecular weight is 215 g/mol. The summed E-state index contributed by atoms with van der Waals surface area (Å²) in [5.74, 6) is -0.466. The van der Waals surface area contributed by atoms with E-state index in [9.17, 15) is 9.90 Å². The Hall–Kier alpha value is -0.650. The van der Waals surface area contributed by atoms with Crippen molar-refractivity contribution < 1.29 is 9.90 Å². The van der Waals surface area contributed by atoms with Crippen molar-refractivity contribution in [3.63, 3.8) is 0 Å². The molecule has 1 aliphatic heterocycles. The average Bonchev–Trinajstić information content (AvgIpc) is 2.50. The van der Waals surface area contributed by atoms with Crippen LogP contribution in [0.2, 0.25) is 0 Å². The van der Waals surface area contributed by atoms with E-state index in [4.69, 9.17) is 5.73 Å². The zero-order chi connectivity index (χ0) is 11.5. The van der Waals surface area contributed by atoms with E-state index in [0.29, 0.717) is 19.6 Å².